The molecule has 0 aliphatic rings. The van der Waals surface area contributed by atoms with Crippen LogP contribution < -0.4 is 20.7 Å². The van der Waals surface area contributed by atoms with Crippen LogP contribution in [0.15, 0.2) is 72.8 Å². The highest BCUT2D eigenvalue weighted by Gasteiger charge is 2.14. The standard InChI is InChI=1S/C25H24ClN3O4/c1-33-20-14-8-17(9-15-20)24(31)29-22-6-3-2-5-21(22)25(32)27-16-4-7-23(30)28-19-12-10-18(26)11-13-19/h2-3,5-6,8-15H,4,7,16H2,1H3,(H,27,32)(H,28,30)(H,29,31). The number of amides is 3. The quantitative estimate of drug-likeness (QED) is 0.397. The summed E-state index contributed by atoms with van der Waals surface area (Å²) in [7, 11) is 1.55. The lowest BCUT2D eigenvalue weighted by Gasteiger charge is -2.12. The van der Waals surface area contributed by atoms with Crippen LogP contribution in [0.5, 0.6) is 5.75 Å². The van der Waals surface area contributed by atoms with Gasteiger partial charge in [0, 0.05) is 29.2 Å². The van der Waals surface area contributed by atoms with Gasteiger partial charge in [-0.15, -0.1) is 0 Å². The molecule has 3 rings (SSSR count). The Morgan fingerprint density at radius 1 is 0.848 bits per heavy atom. The number of methoxy groups -OCH3 is 1. The molecule has 0 heterocycles. The summed E-state index contributed by atoms with van der Waals surface area (Å²) >= 11 is 5.83. The van der Waals surface area contributed by atoms with Gasteiger partial charge in [-0.05, 0) is 67.1 Å². The number of benzene rings is 3. The zero-order valence-electron chi connectivity index (χ0n) is 18.1. The molecule has 33 heavy (non-hydrogen) atoms. The SMILES string of the molecule is COc1ccc(C(=O)Nc2ccccc2C(=O)NCCCC(=O)Nc2ccc(Cl)cc2)cc1. The minimum atomic E-state index is -0.336. The van der Waals surface area contributed by atoms with Crippen molar-refractivity contribution in [2.45, 2.75) is 12.8 Å². The van der Waals surface area contributed by atoms with Gasteiger partial charge in [-0.1, -0.05) is 23.7 Å². The van der Waals surface area contributed by atoms with Gasteiger partial charge in [0.15, 0.2) is 0 Å². The van der Waals surface area contributed by atoms with Crippen LogP contribution in [0.3, 0.4) is 0 Å². The molecule has 170 valence electrons. The lowest BCUT2D eigenvalue weighted by atomic mass is 10.1. The molecule has 8 heteroatoms. The summed E-state index contributed by atoms with van der Waals surface area (Å²) in [5.74, 6) is -0.178. The fourth-order valence-corrected chi connectivity index (χ4v) is 3.16. The average Bonchev–Trinajstić information content (AvgIpc) is 2.83. The molecule has 3 N–H and O–H groups in total. The van der Waals surface area contributed by atoms with E-state index in [1.165, 1.54) is 0 Å². The van der Waals surface area contributed by atoms with Gasteiger partial charge in [-0.2, -0.15) is 0 Å². The van der Waals surface area contributed by atoms with E-state index in [2.05, 4.69) is 16.0 Å². The molecule has 0 fully saturated rings. The van der Waals surface area contributed by atoms with Crippen molar-refractivity contribution in [1.82, 2.24) is 5.32 Å². The third-order valence-electron chi connectivity index (χ3n) is 4.77. The molecular weight excluding hydrogens is 442 g/mol. The monoisotopic (exact) mass is 465 g/mol. The van der Waals surface area contributed by atoms with Crippen molar-refractivity contribution >= 4 is 40.7 Å². The molecule has 7 nitrogen and oxygen atoms in total. The summed E-state index contributed by atoms with van der Waals surface area (Å²) in [6, 6.07) is 20.3. The molecule has 3 aromatic rings. The molecule has 0 aliphatic heterocycles. The first-order chi connectivity index (χ1) is 16.0. The molecule has 0 unspecified atom stereocenters. The number of ether oxygens (including phenoxy) is 1. The molecule has 0 radical (unpaired) electrons. The Labute approximate surface area is 197 Å². The normalized spacial score (nSPS) is 10.2. The maximum absolute atomic E-state index is 12.6. The second kappa shape index (κ2) is 11.7. The number of halogens is 1. The van der Waals surface area contributed by atoms with Crippen molar-refractivity contribution in [2.75, 3.05) is 24.3 Å². The number of carbonyl (C=O) groups excluding carboxylic acids is 3. The van der Waals surface area contributed by atoms with Gasteiger partial charge in [-0.3, -0.25) is 14.4 Å². The first-order valence-corrected chi connectivity index (χ1v) is 10.7. The number of nitrogens with one attached hydrogen (secondary N) is 3. The minimum Gasteiger partial charge on any atom is -0.497 e. The molecule has 0 saturated carbocycles. The third kappa shape index (κ3) is 7.08. The van der Waals surface area contributed by atoms with Crippen molar-refractivity contribution in [3.63, 3.8) is 0 Å². The molecule has 0 aromatic heterocycles. The predicted molar refractivity (Wildman–Crippen MR) is 129 cm³/mol. The first kappa shape index (κ1) is 23.8. The minimum absolute atomic E-state index is 0.154. The Balaban J connectivity index is 1.50. The van der Waals surface area contributed by atoms with E-state index in [0.29, 0.717) is 46.2 Å². The van der Waals surface area contributed by atoms with Crippen LogP contribution in [0.25, 0.3) is 0 Å². The van der Waals surface area contributed by atoms with Gasteiger partial charge in [0.2, 0.25) is 5.91 Å². The van der Waals surface area contributed by atoms with E-state index in [-0.39, 0.29) is 24.1 Å². The first-order valence-electron chi connectivity index (χ1n) is 10.3. The summed E-state index contributed by atoms with van der Waals surface area (Å²) < 4.78 is 5.10. The molecule has 0 saturated heterocycles. The molecule has 0 bridgehead atoms. The molecule has 3 amide bonds. The summed E-state index contributed by atoms with van der Waals surface area (Å²) in [5.41, 5.74) is 1.84. The summed E-state index contributed by atoms with van der Waals surface area (Å²) in [5, 5.41) is 8.93. The zero-order chi connectivity index (χ0) is 23.6. The van der Waals surface area contributed by atoms with Crippen molar-refractivity contribution in [1.29, 1.82) is 0 Å². The Hall–Kier alpha value is -3.84. The van der Waals surface area contributed by atoms with Crippen molar-refractivity contribution in [3.8, 4) is 5.75 Å². The summed E-state index contributed by atoms with van der Waals surface area (Å²) in [6.07, 6.45) is 0.713. The molecule has 3 aromatic carbocycles. The lowest BCUT2D eigenvalue weighted by molar-refractivity contribution is -0.116. The highest BCUT2D eigenvalue weighted by molar-refractivity contribution is 6.30. The van der Waals surface area contributed by atoms with Crippen LogP contribution >= 0.6 is 11.6 Å². The number of hydrogen-bond donors (Lipinski definition) is 3. The van der Waals surface area contributed by atoms with E-state index in [1.807, 2.05) is 0 Å². The smallest absolute Gasteiger partial charge is 0.255 e. The van der Waals surface area contributed by atoms with E-state index in [9.17, 15) is 14.4 Å². The van der Waals surface area contributed by atoms with E-state index in [4.69, 9.17) is 16.3 Å². The predicted octanol–water partition coefficient (Wildman–Crippen LogP) is 4.75. The zero-order valence-corrected chi connectivity index (χ0v) is 18.8. The van der Waals surface area contributed by atoms with Crippen LogP contribution in [-0.4, -0.2) is 31.4 Å². The highest BCUT2D eigenvalue weighted by atomic mass is 35.5. The van der Waals surface area contributed by atoms with E-state index >= 15 is 0 Å². The van der Waals surface area contributed by atoms with Crippen LogP contribution in [0.4, 0.5) is 11.4 Å². The number of para-hydroxylation sites is 1. The number of anilines is 2. The van der Waals surface area contributed by atoms with E-state index in [1.54, 1.807) is 79.9 Å². The number of rotatable bonds is 9. The Bertz CT molecular complexity index is 1120. The van der Waals surface area contributed by atoms with Crippen LogP contribution in [0.1, 0.15) is 33.6 Å². The number of hydrogen-bond acceptors (Lipinski definition) is 4. The third-order valence-corrected chi connectivity index (χ3v) is 5.02. The van der Waals surface area contributed by atoms with Gasteiger partial charge in [0.25, 0.3) is 11.8 Å². The van der Waals surface area contributed by atoms with Gasteiger partial charge < -0.3 is 20.7 Å². The lowest BCUT2D eigenvalue weighted by Crippen LogP contribution is -2.27. The summed E-state index contributed by atoms with van der Waals surface area (Å²) in [6.45, 7) is 0.313. The Morgan fingerprint density at radius 2 is 1.55 bits per heavy atom. The second-order valence-corrected chi connectivity index (χ2v) is 7.58. The number of carbonyl (C=O) groups is 3. The molecule has 0 atom stereocenters. The molecule has 0 spiro atoms. The van der Waals surface area contributed by atoms with Crippen molar-refractivity contribution in [2.24, 2.45) is 0 Å². The van der Waals surface area contributed by atoms with E-state index < -0.39 is 0 Å². The van der Waals surface area contributed by atoms with Gasteiger partial charge in [0.05, 0.1) is 18.4 Å². The highest BCUT2D eigenvalue weighted by Crippen LogP contribution is 2.18. The van der Waals surface area contributed by atoms with Crippen LogP contribution in [0.2, 0.25) is 5.02 Å². The van der Waals surface area contributed by atoms with Gasteiger partial charge in [-0.25, -0.2) is 0 Å². The molecular formula is C25H24ClN3O4. The fourth-order valence-electron chi connectivity index (χ4n) is 3.03. The molecule has 0 aliphatic carbocycles. The van der Waals surface area contributed by atoms with Gasteiger partial charge in [0.1, 0.15) is 5.75 Å². The maximum Gasteiger partial charge on any atom is 0.255 e. The fraction of sp³-hybridized carbons (Fsp3) is 0.160. The summed E-state index contributed by atoms with van der Waals surface area (Å²) in [4.78, 5) is 37.3. The Morgan fingerprint density at radius 3 is 2.24 bits per heavy atom. The van der Waals surface area contributed by atoms with Gasteiger partial charge >= 0.3 is 0 Å². The maximum atomic E-state index is 12.6. The Kier molecular flexibility index (Phi) is 8.43. The average molecular weight is 466 g/mol. The largest absolute Gasteiger partial charge is 0.497 e. The van der Waals surface area contributed by atoms with E-state index in [0.717, 1.165) is 0 Å². The van der Waals surface area contributed by atoms with Crippen molar-refractivity contribution in [3.05, 3.63) is 88.9 Å². The second-order valence-electron chi connectivity index (χ2n) is 7.14. The van der Waals surface area contributed by atoms with Crippen LogP contribution in [-0.2, 0) is 4.79 Å². The van der Waals surface area contributed by atoms with Crippen LogP contribution in [0, 0.1) is 0 Å². The topological polar surface area (TPSA) is 96.5 Å². The van der Waals surface area contributed by atoms with Crippen molar-refractivity contribution < 1.29 is 19.1 Å².